The molecule has 5 atom stereocenters. The zero-order valence-corrected chi connectivity index (χ0v) is 44.7. The van der Waals surface area contributed by atoms with Gasteiger partial charge >= 0.3 is 12.2 Å². The molecule has 0 radical (unpaired) electrons. The molecule has 7 amide bonds. The van der Waals surface area contributed by atoms with Crippen molar-refractivity contribution < 1.29 is 43.0 Å². The summed E-state index contributed by atoms with van der Waals surface area (Å²) in [5.74, 6) is -1.98. The van der Waals surface area contributed by atoms with Gasteiger partial charge in [-0.05, 0) is 115 Å². The molecule has 3 aliphatic heterocycles. The highest BCUT2D eigenvalue weighted by molar-refractivity contribution is 5.95. The molecule has 3 heterocycles. The number of carbonyl (C=O) groups excluding carboxylic acids is 7. The third-order valence-electron chi connectivity index (χ3n) is 13.6. The number of alkyl carbamates (subject to hydrolysis) is 2. The molecule has 2 fully saturated rings. The van der Waals surface area contributed by atoms with E-state index in [1.165, 1.54) is 11.1 Å². The molecule has 6 rings (SSSR count). The van der Waals surface area contributed by atoms with E-state index in [1.807, 2.05) is 91.5 Å². The number of nitrogens with zero attached hydrogens (tertiary/aromatic N) is 2. The van der Waals surface area contributed by atoms with E-state index in [4.69, 9.17) is 9.47 Å². The Morgan fingerprint density at radius 1 is 0.622 bits per heavy atom. The number of unbranched alkanes of at least 4 members (excludes halogenated alkanes) is 1. The maximum atomic E-state index is 14.6. The second-order valence-electron chi connectivity index (χ2n) is 22.7. The van der Waals surface area contributed by atoms with Crippen molar-refractivity contribution in [3.8, 4) is 0 Å². The number of hydrogen-bond donors (Lipinski definition) is 6. The standard InChI is InChI=1S/C57H80N8O9/c1-38(2)31-44(61-49(67)45(32-39-19-11-9-12-20-39)62-50(68)46(33-40-21-13-10-14-22-40)63-54(72)74-56(6,7)8)48(66)60-43(25-17-18-28-58-53(71)73-55(3,4)5)51(69)64-29-26-57(27-30-64)36-65(37-57)52(70)47-34-41-23-15-16-24-42(41)35-59-47/h9-16,19-24,38,43-47,59H,17-18,25-37H2,1-8H3,(H,58,71)(H,60,66)(H,61,67)(H,62,68)(H,63,72)/t43-,44-,45-,46-,47-/m1/s1. The van der Waals surface area contributed by atoms with E-state index in [2.05, 4.69) is 44.0 Å². The lowest BCUT2D eigenvalue weighted by Gasteiger charge is -2.55. The van der Waals surface area contributed by atoms with Crippen LogP contribution in [0.3, 0.4) is 0 Å². The summed E-state index contributed by atoms with van der Waals surface area (Å²) in [6, 6.07) is 22.0. The number of amides is 7. The average Bonchev–Trinajstić information content (AvgIpc) is 3.33. The third-order valence-corrected chi connectivity index (χ3v) is 13.6. The van der Waals surface area contributed by atoms with Crippen LogP contribution in [0.15, 0.2) is 84.9 Å². The fourth-order valence-corrected chi connectivity index (χ4v) is 9.83. The van der Waals surface area contributed by atoms with E-state index in [1.54, 1.807) is 46.4 Å². The molecule has 0 saturated carbocycles. The number of rotatable bonds is 20. The van der Waals surface area contributed by atoms with Crippen molar-refractivity contribution in [1.82, 2.24) is 41.7 Å². The highest BCUT2D eigenvalue weighted by atomic mass is 16.6. The molecule has 3 aliphatic rings. The Hall–Kier alpha value is -6.49. The molecule has 3 aromatic rings. The van der Waals surface area contributed by atoms with Gasteiger partial charge in [-0.1, -0.05) is 98.8 Å². The smallest absolute Gasteiger partial charge is 0.408 e. The van der Waals surface area contributed by atoms with E-state index in [0.717, 1.165) is 11.1 Å². The fraction of sp³-hybridized carbons (Fsp3) is 0.561. The summed E-state index contributed by atoms with van der Waals surface area (Å²) in [5, 5.41) is 17.7. The number of hydrogen-bond acceptors (Lipinski definition) is 10. The van der Waals surface area contributed by atoms with Crippen molar-refractivity contribution in [2.75, 3.05) is 32.7 Å². The lowest BCUT2D eigenvalue weighted by molar-refractivity contribution is -0.153. The summed E-state index contributed by atoms with van der Waals surface area (Å²) < 4.78 is 10.9. The number of fused-ring (bicyclic) bond motifs is 1. The fourth-order valence-electron chi connectivity index (χ4n) is 9.83. The Balaban J connectivity index is 1.14. The molecule has 0 bridgehead atoms. The molecule has 2 saturated heterocycles. The van der Waals surface area contributed by atoms with Gasteiger partial charge in [-0.15, -0.1) is 0 Å². The predicted molar refractivity (Wildman–Crippen MR) is 282 cm³/mol. The van der Waals surface area contributed by atoms with Gasteiger partial charge in [0.25, 0.3) is 0 Å². The number of nitrogens with one attached hydrogen (secondary N) is 6. The summed E-state index contributed by atoms with van der Waals surface area (Å²) in [4.78, 5) is 101. The van der Waals surface area contributed by atoms with E-state index in [0.29, 0.717) is 71.4 Å². The summed E-state index contributed by atoms with van der Waals surface area (Å²) in [6.07, 6.45) is 2.42. The van der Waals surface area contributed by atoms with Gasteiger partial charge in [0.2, 0.25) is 29.5 Å². The zero-order valence-electron chi connectivity index (χ0n) is 44.7. The maximum Gasteiger partial charge on any atom is 0.408 e. The van der Waals surface area contributed by atoms with Crippen LogP contribution in [0.1, 0.15) is 116 Å². The summed E-state index contributed by atoms with van der Waals surface area (Å²) in [5.41, 5.74) is 2.36. The molecule has 17 heteroatoms. The normalized spacial score (nSPS) is 17.8. The number of carbonyl (C=O) groups is 7. The first-order valence-corrected chi connectivity index (χ1v) is 26.4. The van der Waals surface area contributed by atoms with Gasteiger partial charge in [0.05, 0.1) is 6.04 Å². The quantitative estimate of drug-likeness (QED) is 0.0757. The van der Waals surface area contributed by atoms with Crippen LogP contribution >= 0.6 is 0 Å². The summed E-state index contributed by atoms with van der Waals surface area (Å²) in [6.45, 7) is 17.5. The number of ether oxygens (including phenoxy) is 2. The summed E-state index contributed by atoms with van der Waals surface area (Å²) >= 11 is 0. The largest absolute Gasteiger partial charge is 0.444 e. The second kappa shape index (κ2) is 25.6. The van der Waals surface area contributed by atoms with Crippen LogP contribution < -0.4 is 31.9 Å². The zero-order chi connectivity index (χ0) is 53.6. The Morgan fingerprint density at radius 3 is 1.69 bits per heavy atom. The van der Waals surface area contributed by atoms with Gasteiger partial charge in [0, 0.05) is 57.5 Å². The molecule has 0 aliphatic carbocycles. The van der Waals surface area contributed by atoms with Crippen molar-refractivity contribution in [3.05, 3.63) is 107 Å². The van der Waals surface area contributed by atoms with E-state index < -0.39 is 65.3 Å². The van der Waals surface area contributed by atoms with Crippen LogP contribution in [-0.4, -0.2) is 126 Å². The van der Waals surface area contributed by atoms with Gasteiger partial charge in [-0.2, -0.15) is 0 Å². The number of piperidine rings is 1. The predicted octanol–water partition coefficient (Wildman–Crippen LogP) is 5.73. The highest BCUT2D eigenvalue weighted by Gasteiger charge is 2.49. The minimum absolute atomic E-state index is 0.0634. The Labute approximate surface area is 437 Å². The van der Waals surface area contributed by atoms with Gasteiger partial charge in [0.1, 0.15) is 35.4 Å². The van der Waals surface area contributed by atoms with Crippen LogP contribution in [0.4, 0.5) is 9.59 Å². The van der Waals surface area contributed by atoms with Crippen LogP contribution in [0.2, 0.25) is 0 Å². The van der Waals surface area contributed by atoms with Crippen molar-refractivity contribution >= 4 is 41.7 Å². The molecule has 74 heavy (non-hydrogen) atoms. The first-order chi connectivity index (χ1) is 35.0. The Bertz CT molecular complexity index is 2390. The highest BCUT2D eigenvalue weighted by Crippen LogP contribution is 2.41. The third kappa shape index (κ3) is 17.3. The molecular weight excluding hydrogens is 941 g/mol. The van der Waals surface area contributed by atoms with Crippen LogP contribution in [0, 0.1) is 11.3 Å². The molecule has 0 unspecified atom stereocenters. The SMILES string of the molecule is CC(C)C[C@@H](NC(=O)[C@@H](Cc1ccccc1)NC(=O)[C@@H](Cc1ccccc1)NC(=O)OC(C)(C)C)C(=O)N[C@H](CCCCNC(=O)OC(C)(C)C)C(=O)N1CCC2(CC1)CN(C(=O)[C@H]1Cc3ccccc3CN1)C2. The first-order valence-electron chi connectivity index (χ1n) is 26.4. The molecular formula is C57H80N8O9. The molecule has 402 valence electrons. The van der Waals surface area contributed by atoms with Gasteiger partial charge < -0.3 is 51.2 Å². The molecule has 6 N–H and O–H groups in total. The minimum atomic E-state index is -1.17. The van der Waals surface area contributed by atoms with Gasteiger partial charge in [0.15, 0.2) is 0 Å². The van der Waals surface area contributed by atoms with Gasteiger partial charge in [-0.3, -0.25) is 24.0 Å². The average molecular weight is 1020 g/mol. The van der Waals surface area contributed by atoms with E-state index >= 15 is 0 Å². The van der Waals surface area contributed by atoms with Gasteiger partial charge in [-0.25, -0.2) is 9.59 Å². The molecule has 3 aromatic carbocycles. The summed E-state index contributed by atoms with van der Waals surface area (Å²) in [7, 11) is 0. The second-order valence-corrected chi connectivity index (χ2v) is 22.7. The minimum Gasteiger partial charge on any atom is -0.444 e. The first kappa shape index (κ1) is 56.8. The molecule has 1 spiro atoms. The lowest BCUT2D eigenvalue weighted by atomic mass is 9.71. The van der Waals surface area contributed by atoms with Crippen molar-refractivity contribution in [3.63, 3.8) is 0 Å². The van der Waals surface area contributed by atoms with E-state index in [-0.39, 0.29) is 54.9 Å². The maximum absolute atomic E-state index is 14.6. The molecule has 0 aromatic heterocycles. The van der Waals surface area contributed by atoms with Crippen LogP contribution in [-0.2, 0) is 59.3 Å². The number of benzene rings is 3. The van der Waals surface area contributed by atoms with E-state index in [9.17, 15) is 33.6 Å². The Kier molecular flexibility index (Phi) is 19.7. The number of likely N-dealkylation sites (tertiary alicyclic amines) is 2. The lowest BCUT2D eigenvalue weighted by Crippen LogP contribution is -2.66. The van der Waals surface area contributed by atoms with Crippen molar-refractivity contribution in [1.29, 1.82) is 0 Å². The van der Waals surface area contributed by atoms with Crippen LogP contribution in [0.25, 0.3) is 0 Å². The monoisotopic (exact) mass is 1020 g/mol. The van der Waals surface area contributed by atoms with Crippen molar-refractivity contribution in [2.24, 2.45) is 11.3 Å². The van der Waals surface area contributed by atoms with Crippen molar-refractivity contribution in [2.45, 2.75) is 161 Å². The van der Waals surface area contributed by atoms with Crippen LogP contribution in [0.5, 0.6) is 0 Å². The Morgan fingerprint density at radius 2 is 1.12 bits per heavy atom. The molecule has 17 nitrogen and oxygen atoms in total. The topological polar surface area (TPSA) is 217 Å².